The van der Waals surface area contributed by atoms with E-state index in [2.05, 4.69) is 9.72 Å². The number of aryl methyl sites for hydroxylation is 1. The highest BCUT2D eigenvalue weighted by Crippen LogP contribution is 2.25. The van der Waals surface area contributed by atoms with E-state index in [0.29, 0.717) is 12.0 Å². The number of aromatic nitrogens is 2. The van der Waals surface area contributed by atoms with Crippen molar-refractivity contribution < 1.29 is 14.3 Å². The second-order valence-electron chi connectivity index (χ2n) is 3.85. The molecule has 1 aliphatic rings. The van der Waals surface area contributed by atoms with Crippen molar-refractivity contribution in [2.45, 2.75) is 19.6 Å². The topological polar surface area (TPSA) is 90.4 Å². The van der Waals surface area contributed by atoms with Crippen molar-refractivity contribution >= 4 is 5.97 Å². The van der Waals surface area contributed by atoms with E-state index in [1.54, 1.807) is 13.0 Å². The molecule has 0 aliphatic carbocycles. The van der Waals surface area contributed by atoms with Gasteiger partial charge in [0.05, 0.1) is 7.11 Å². The highest BCUT2D eigenvalue weighted by atomic mass is 16.6. The van der Waals surface area contributed by atoms with E-state index in [4.69, 9.17) is 4.74 Å². The Bertz CT molecular complexity index is 625. The van der Waals surface area contributed by atoms with Gasteiger partial charge in [0.2, 0.25) is 5.76 Å². The predicted octanol–water partition coefficient (Wildman–Crippen LogP) is -0.179. The van der Waals surface area contributed by atoms with Crippen LogP contribution in [0.5, 0.6) is 0 Å². The highest BCUT2D eigenvalue weighted by molar-refractivity contribution is 5.86. The molecule has 1 atom stereocenters. The molecule has 0 spiro atoms. The summed E-state index contributed by atoms with van der Waals surface area (Å²) in [4.78, 5) is 36.3. The summed E-state index contributed by atoms with van der Waals surface area (Å²) in [6, 6.07) is 0. The number of esters is 1. The Morgan fingerprint density at radius 3 is 2.94 bits per heavy atom. The van der Waals surface area contributed by atoms with Gasteiger partial charge in [0, 0.05) is 18.2 Å². The number of nitrogens with one attached hydrogen (secondary N) is 1. The lowest BCUT2D eigenvalue weighted by atomic mass is 10.3. The second kappa shape index (κ2) is 4.52. The van der Waals surface area contributed by atoms with Crippen molar-refractivity contribution in [1.29, 1.82) is 0 Å². The van der Waals surface area contributed by atoms with Crippen LogP contribution in [0, 0.1) is 6.92 Å². The first kappa shape index (κ1) is 12.2. The van der Waals surface area contributed by atoms with Crippen LogP contribution in [0.25, 0.3) is 0 Å². The minimum atomic E-state index is -0.637. The quantitative estimate of drug-likeness (QED) is 0.737. The van der Waals surface area contributed by atoms with Crippen LogP contribution in [-0.2, 0) is 14.3 Å². The van der Waals surface area contributed by atoms with Gasteiger partial charge in [-0.15, -0.1) is 0 Å². The number of rotatable bonds is 2. The van der Waals surface area contributed by atoms with Gasteiger partial charge in [-0.2, -0.15) is 0 Å². The number of hydrogen-bond acceptors (Lipinski definition) is 5. The molecule has 1 aromatic rings. The molecule has 1 aromatic heterocycles. The maximum atomic E-state index is 11.6. The van der Waals surface area contributed by atoms with Crippen LogP contribution in [0.2, 0.25) is 0 Å². The molecule has 0 unspecified atom stereocenters. The van der Waals surface area contributed by atoms with E-state index in [9.17, 15) is 14.4 Å². The van der Waals surface area contributed by atoms with Crippen molar-refractivity contribution in [2.24, 2.45) is 0 Å². The number of carbonyl (C=O) groups excluding carboxylic acids is 1. The fraction of sp³-hybridized carbons (Fsp3) is 0.364. The Labute approximate surface area is 102 Å². The lowest BCUT2D eigenvalue weighted by Gasteiger charge is -2.15. The fourth-order valence-electron chi connectivity index (χ4n) is 1.65. The van der Waals surface area contributed by atoms with Crippen molar-refractivity contribution in [3.63, 3.8) is 0 Å². The average molecular weight is 252 g/mol. The molecule has 2 heterocycles. The molecule has 0 saturated carbocycles. The van der Waals surface area contributed by atoms with Crippen LogP contribution in [0.4, 0.5) is 0 Å². The van der Waals surface area contributed by atoms with Gasteiger partial charge in [-0.05, 0) is 13.0 Å². The summed E-state index contributed by atoms with van der Waals surface area (Å²) in [5.74, 6) is -0.523. The number of carbonyl (C=O) groups is 1. The van der Waals surface area contributed by atoms with Crippen LogP contribution in [-0.4, -0.2) is 22.6 Å². The number of methoxy groups -OCH3 is 1. The van der Waals surface area contributed by atoms with Gasteiger partial charge in [-0.25, -0.2) is 9.59 Å². The molecule has 96 valence electrons. The molecule has 0 saturated heterocycles. The Balaban J connectivity index is 2.27. The first-order valence-electron chi connectivity index (χ1n) is 5.30. The largest absolute Gasteiger partial charge is 0.463 e. The maximum Gasteiger partial charge on any atom is 0.373 e. The first-order valence-corrected chi connectivity index (χ1v) is 5.30. The number of aromatic amines is 1. The molecular formula is C11H12N2O5. The maximum absolute atomic E-state index is 11.6. The standard InChI is InChI=1S/C11H12N2O5/c1-6-5-13(11(16)12-9(6)14)8-4-3-7(18-8)10(15)17-2/h3,5,8H,4H2,1-2H3,(H,12,14,16)/t8-/m1/s1. The smallest absolute Gasteiger partial charge is 0.373 e. The third kappa shape index (κ3) is 2.06. The van der Waals surface area contributed by atoms with Crippen LogP contribution >= 0.6 is 0 Å². The van der Waals surface area contributed by atoms with Gasteiger partial charge in [-0.1, -0.05) is 0 Å². The van der Waals surface area contributed by atoms with Gasteiger partial charge in [0.15, 0.2) is 6.23 Å². The molecule has 1 aliphatic heterocycles. The molecular weight excluding hydrogens is 240 g/mol. The lowest BCUT2D eigenvalue weighted by molar-refractivity contribution is -0.141. The molecule has 0 bridgehead atoms. The SMILES string of the molecule is COC(=O)C1=CC[C@H](n2cc(C)c(=O)[nH]c2=O)O1. The lowest BCUT2D eigenvalue weighted by Crippen LogP contribution is -2.33. The van der Waals surface area contributed by atoms with Crippen LogP contribution in [0.1, 0.15) is 18.2 Å². The van der Waals surface area contributed by atoms with Gasteiger partial charge >= 0.3 is 11.7 Å². The Morgan fingerprint density at radius 2 is 2.28 bits per heavy atom. The molecule has 0 radical (unpaired) electrons. The number of ether oxygens (including phenoxy) is 2. The number of nitrogens with zero attached hydrogens (tertiary/aromatic N) is 1. The molecule has 7 heteroatoms. The Morgan fingerprint density at radius 1 is 1.56 bits per heavy atom. The van der Waals surface area contributed by atoms with Gasteiger partial charge < -0.3 is 9.47 Å². The van der Waals surface area contributed by atoms with Gasteiger partial charge in [0.1, 0.15) is 0 Å². The van der Waals surface area contributed by atoms with Crippen LogP contribution in [0.3, 0.4) is 0 Å². The normalized spacial score (nSPS) is 18.1. The molecule has 18 heavy (non-hydrogen) atoms. The van der Waals surface area contributed by atoms with Crippen molar-refractivity contribution in [3.8, 4) is 0 Å². The zero-order valence-electron chi connectivity index (χ0n) is 9.93. The summed E-state index contributed by atoms with van der Waals surface area (Å²) >= 11 is 0. The monoisotopic (exact) mass is 252 g/mol. The van der Waals surface area contributed by atoms with E-state index < -0.39 is 23.4 Å². The molecule has 0 fully saturated rings. The molecule has 1 N–H and O–H groups in total. The van der Waals surface area contributed by atoms with Crippen LogP contribution < -0.4 is 11.2 Å². The minimum absolute atomic E-state index is 0.0678. The van der Waals surface area contributed by atoms with E-state index >= 15 is 0 Å². The number of hydrogen-bond donors (Lipinski definition) is 1. The zero-order valence-corrected chi connectivity index (χ0v) is 9.93. The summed E-state index contributed by atoms with van der Waals surface area (Å²) in [6.45, 7) is 1.58. The predicted molar refractivity (Wildman–Crippen MR) is 60.9 cm³/mol. The summed E-state index contributed by atoms with van der Waals surface area (Å²) in [5, 5.41) is 0. The van der Waals surface area contributed by atoms with Crippen molar-refractivity contribution in [1.82, 2.24) is 9.55 Å². The zero-order chi connectivity index (χ0) is 13.3. The van der Waals surface area contributed by atoms with E-state index in [-0.39, 0.29) is 5.76 Å². The van der Waals surface area contributed by atoms with E-state index in [1.807, 2.05) is 0 Å². The van der Waals surface area contributed by atoms with E-state index in [1.165, 1.54) is 17.9 Å². The summed E-state index contributed by atoms with van der Waals surface area (Å²) in [6.07, 6.45) is 2.67. The second-order valence-corrected chi connectivity index (χ2v) is 3.85. The summed E-state index contributed by atoms with van der Waals surface area (Å²) in [7, 11) is 1.25. The summed E-state index contributed by atoms with van der Waals surface area (Å²) < 4.78 is 11.1. The van der Waals surface area contributed by atoms with Gasteiger partial charge in [-0.3, -0.25) is 14.3 Å². The minimum Gasteiger partial charge on any atom is -0.463 e. The molecule has 7 nitrogen and oxygen atoms in total. The Kier molecular flexibility index (Phi) is 3.05. The first-order chi connectivity index (χ1) is 8.52. The third-order valence-electron chi connectivity index (χ3n) is 2.61. The van der Waals surface area contributed by atoms with Crippen molar-refractivity contribution in [3.05, 3.63) is 44.4 Å². The third-order valence-corrected chi connectivity index (χ3v) is 2.61. The van der Waals surface area contributed by atoms with Gasteiger partial charge in [0.25, 0.3) is 5.56 Å². The average Bonchev–Trinajstić information content (AvgIpc) is 2.82. The Hall–Kier alpha value is -2.31. The molecule has 0 aromatic carbocycles. The van der Waals surface area contributed by atoms with E-state index in [0.717, 1.165) is 0 Å². The molecule has 2 rings (SSSR count). The number of H-pyrrole nitrogens is 1. The van der Waals surface area contributed by atoms with Crippen molar-refractivity contribution in [2.75, 3.05) is 7.11 Å². The molecule has 0 amide bonds. The van der Waals surface area contributed by atoms with Crippen LogP contribution in [0.15, 0.2) is 27.6 Å². The fourth-order valence-corrected chi connectivity index (χ4v) is 1.65. The summed E-state index contributed by atoms with van der Waals surface area (Å²) in [5.41, 5.74) is -0.616. The highest BCUT2D eigenvalue weighted by Gasteiger charge is 2.26.